The van der Waals surface area contributed by atoms with E-state index in [-0.39, 0.29) is 11.7 Å². The summed E-state index contributed by atoms with van der Waals surface area (Å²) in [6.07, 6.45) is 4.66. The van der Waals surface area contributed by atoms with Crippen molar-refractivity contribution in [3.05, 3.63) is 33.5 Å². The molecule has 0 nitrogen and oxygen atoms in total. The Balaban J connectivity index is 2.39. The quantitative estimate of drug-likeness (QED) is 0.674. The van der Waals surface area contributed by atoms with E-state index in [9.17, 15) is 4.39 Å². The lowest BCUT2D eigenvalue weighted by Gasteiger charge is -2.13. The average Bonchev–Trinajstić information content (AvgIpc) is 2.71. The molecule has 0 unspecified atom stereocenters. The number of hydrogen-bond acceptors (Lipinski definition) is 0. The third-order valence-electron chi connectivity index (χ3n) is 3.14. The molecule has 1 fully saturated rings. The van der Waals surface area contributed by atoms with Gasteiger partial charge in [0.15, 0.2) is 0 Å². The van der Waals surface area contributed by atoms with Crippen LogP contribution in [0.15, 0.2) is 16.6 Å². The van der Waals surface area contributed by atoms with Crippen molar-refractivity contribution < 1.29 is 4.39 Å². The van der Waals surface area contributed by atoms with E-state index in [0.717, 1.165) is 22.9 Å². The lowest BCUT2D eigenvalue weighted by Crippen LogP contribution is -2.00. The van der Waals surface area contributed by atoms with Crippen LogP contribution in [0.25, 0.3) is 0 Å². The van der Waals surface area contributed by atoms with Crippen molar-refractivity contribution in [2.75, 3.05) is 0 Å². The van der Waals surface area contributed by atoms with Crippen LogP contribution in [0.4, 0.5) is 4.39 Å². The van der Waals surface area contributed by atoms with Crippen LogP contribution in [0.3, 0.4) is 0 Å². The first kappa shape index (κ1) is 11.4. The maximum atomic E-state index is 14.1. The molecular weight excluding hydrogens is 278 g/mol. The van der Waals surface area contributed by atoms with Crippen LogP contribution in [0.5, 0.6) is 0 Å². The highest BCUT2D eigenvalue weighted by Gasteiger charge is 2.22. The van der Waals surface area contributed by atoms with E-state index < -0.39 is 0 Å². The van der Waals surface area contributed by atoms with Gasteiger partial charge in [-0.3, -0.25) is 0 Å². The highest BCUT2D eigenvalue weighted by Crippen LogP contribution is 2.37. The lowest BCUT2D eigenvalue weighted by atomic mass is 9.95. The average molecular weight is 292 g/mol. The van der Waals surface area contributed by atoms with Gasteiger partial charge in [-0.1, -0.05) is 34.8 Å². The normalized spacial score (nSPS) is 17.3. The molecule has 0 heterocycles. The number of hydrogen-bond donors (Lipinski definition) is 0. The van der Waals surface area contributed by atoms with Crippen molar-refractivity contribution in [1.29, 1.82) is 0 Å². The fraction of sp³-hybridized carbons (Fsp3) is 0.500. The molecule has 0 N–H and O–H groups in total. The van der Waals surface area contributed by atoms with Crippen molar-refractivity contribution in [2.24, 2.45) is 0 Å². The van der Waals surface area contributed by atoms with Gasteiger partial charge in [0, 0.05) is 10.0 Å². The Morgan fingerprint density at radius 2 is 2.00 bits per heavy atom. The predicted octanol–water partition coefficient (Wildman–Crippen LogP) is 4.98. The second-order valence-corrected chi connectivity index (χ2v) is 5.17. The fourth-order valence-corrected chi connectivity index (χ4v) is 3.16. The molecule has 1 aliphatic rings. The Kier molecular flexibility index (Phi) is 3.68. The van der Waals surface area contributed by atoms with Gasteiger partial charge < -0.3 is 0 Å². The minimum atomic E-state index is -0.105. The van der Waals surface area contributed by atoms with Gasteiger partial charge >= 0.3 is 0 Å². The van der Waals surface area contributed by atoms with Crippen molar-refractivity contribution in [3.8, 4) is 0 Å². The summed E-state index contributed by atoms with van der Waals surface area (Å²) in [6, 6.07) is 3.81. The third-order valence-corrected chi connectivity index (χ3v) is 4.15. The molecule has 1 saturated carbocycles. The standard InChI is InChI=1S/C12H13BrClF/c13-11-6-5-9(8-3-1-2-4-8)12(15)10(11)7-14/h5-6,8H,1-4,7H2. The molecule has 82 valence electrons. The van der Waals surface area contributed by atoms with Crippen LogP contribution in [0.2, 0.25) is 0 Å². The molecule has 0 saturated heterocycles. The third kappa shape index (κ3) is 2.21. The summed E-state index contributed by atoms with van der Waals surface area (Å²) in [5, 5.41) is 0. The van der Waals surface area contributed by atoms with E-state index in [1.807, 2.05) is 12.1 Å². The van der Waals surface area contributed by atoms with E-state index >= 15 is 0 Å². The van der Waals surface area contributed by atoms with Crippen molar-refractivity contribution in [2.45, 2.75) is 37.5 Å². The Bertz CT molecular complexity index is 359. The first-order chi connectivity index (χ1) is 7.24. The summed E-state index contributed by atoms with van der Waals surface area (Å²) in [5.41, 5.74) is 1.45. The number of alkyl halides is 1. The Labute approximate surface area is 103 Å². The van der Waals surface area contributed by atoms with E-state index in [2.05, 4.69) is 15.9 Å². The van der Waals surface area contributed by atoms with Crippen LogP contribution in [-0.2, 0) is 5.88 Å². The van der Waals surface area contributed by atoms with Crippen molar-refractivity contribution in [3.63, 3.8) is 0 Å². The minimum absolute atomic E-state index is 0.105. The van der Waals surface area contributed by atoms with Gasteiger partial charge in [-0.05, 0) is 30.4 Å². The lowest BCUT2D eigenvalue weighted by molar-refractivity contribution is 0.570. The number of halogens is 3. The first-order valence-corrected chi connectivity index (χ1v) is 6.59. The fourth-order valence-electron chi connectivity index (χ4n) is 2.29. The molecule has 1 aromatic carbocycles. The molecule has 0 bridgehead atoms. The molecule has 0 atom stereocenters. The van der Waals surface area contributed by atoms with Crippen molar-refractivity contribution >= 4 is 27.5 Å². The van der Waals surface area contributed by atoms with Gasteiger partial charge in [0.05, 0.1) is 5.88 Å². The number of rotatable bonds is 2. The smallest absolute Gasteiger partial charge is 0.132 e. The molecule has 15 heavy (non-hydrogen) atoms. The maximum Gasteiger partial charge on any atom is 0.132 e. The van der Waals surface area contributed by atoms with Gasteiger partial charge in [-0.15, -0.1) is 11.6 Å². The molecule has 0 aromatic heterocycles. The first-order valence-electron chi connectivity index (χ1n) is 5.26. The topological polar surface area (TPSA) is 0 Å². The zero-order valence-corrected chi connectivity index (χ0v) is 10.7. The Morgan fingerprint density at radius 1 is 1.33 bits per heavy atom. The minimum Gasteiger partial charge on any atom is -0.206 e. The SMILES string of the molecule is Fc1c(C2CCCC2)ccc(Br)c1CCl. The zero-order valence-electron chi connectivity index (χ0n) is 8.40. The molecule has 0 aliphatic heterocycles. The highest BCUT2D eigenvalue weighted by molar-refractivity contribution is 9.10. The van der Waals surface area contributed by atoms with Gasteiger partial charge in [0.1, 0.15) is 5.82 Å². The van der Waals surface area contributed by atoms with Gasteiger partial charge in [-0.25, -0.2) is 4.39 Å². The van der Waals surface area contributed by atoms with E-state index in [4.69, 9.17) is 11.6 Å². The Morgan fingerprint density at radius 3 is 2.60 bits per heavy atom. The summed E-state index contributed by atoms with van der Waals surface area (Å²) in [4.78, 5) is 0. The Hall–Kier alpha value is -0.0800. The molecule has 0 amide bonds. The monoisotopic (exact) mass is 290 g/mol. The number of benzene rings is 1. The molecule has 0 radical (unpaired) electrons. The molecule has 3 heteroatoms. The molecular formula is C12H13BrClF. The maximum absolute atomic E-state index is 14.1. The highest BCUT2D eigenvalue weighted by atomic mass is 79.9. The van der Waals surface area contributed by atoms with E-state index in [1.54, 1.807) is 0 Å². The zero-order chi connectivity index (χ0) is 10.8. The summed E-state index contributed by atoms with van der Waals surface area (Å²) < 4.78 is 14.8. The van der Waals surface area contributed by atoms with Crippen LogP contribution >= 0.6 is 27.5 Å². The molecule has 1 aromatic rings. The van der Waals surface area contributed by atoms with Gasteiger partial charge in [-0.2, -0.15) is 0 Å². The largest absolute Gasteiger partial charge is 0.206 e. The van der Waals surface area contributed by atoms with Gasteiger partial charge in [0.25, 0.3) is 0 Å². The van der Waals surface area contributed by atoms with Crippen molar-refractivity contribution in [1.82, 2.24) is 0 Å². The molecule has 1 aliphatic carbocycles. The van der Waals surface area contributed by atoms with Crippen LogP contribution in [0, 0.1) is 5.82 Å². The van der Waals surface area contributed by atoms with Crippen LogP contribution < -0.4 is 0 Å². The van der Waals surface area contributed by atoms with Gasteiger partial charge in [0.2, 0.25) is 0 Å². The van der Waals surface area contributed by atoms with E-state index in [1.165, 1.54) is 12.8 Å². The predicted molar refractivity (Wildman–Crippen MR) is 64.9 cm³/mol. The summed E-state index contributed by atoms with van der Waals surface area (Å²) in [7, 11) is 0. The van der Waals surface area contributed by atoms with E-state index in [0.29, 0.717) is 11.5 Å². The summed E-state index contributed by atoms with van der Waals surface area (Å²) >= 11 is 9.07. The molecule has 0 spiro atoms. The summed E-state index contributed by atoms with van der Waals surface area (Å²) in [5.74, 6) is 0.527. The molecule has 2 rings (SSSR count). The second-order valence-electron chi connectivity index (χ2n) is 4.04. The van der Waals surface area contributed by atoms with Crippen LogP contribution in [0.1, 0.15) is 42.7 Å². The van der Waals surface area contributed by atoms with Crippen LogP contribution in [-0.4, -0.2) is 0 Å². The second kappa shape index (κ2) is 4.84. The summed E-state index contributed by atoms with van der Waals surface area (Å²) in [6.45, 7) is 0.